The highest BCUT2D eigenvalue weighted by molar-refractivity contribution is 6.31. The van der Waals surface area contributed by atoms with Gasteiger partial charge in [0.1, 0.15) is 12.0 Å². The zero-order valence-electron chi connectivity index (χ0n) is 22.8. The van der Waals surface area contributed by atoms with Gasteiger partial charge in [-0.05, 0) is 55.7 Å². The fraction of sp³-hybridized carbons (Fsp3) is 0.300. The third-order valence-electron chi connectivity index (χ3n) is 8.09. The number of nitrogens with zero attached hydrogens (tertiary/aromatic N) is 4. The predicted molar refractivity (Wildman–Crippen MR) is 149 cm³/mol. The minimum atomic E-state index is -4.68. The van der Waals surface area contributed by atoms with Crippen molar-refractivity contribution in [2.75, 3.05) is 12.4 Å². The van der Waals surface area contributed by atoms with Gasteiger partial charge in [-0.1, -0.05) is 43.2 Å². The smallest absolute Gasteiger partial charge is 0.355 e. The van der Waals surface area contributed by atoms with E-state index in [9.17, 15) is 26.7 Å². The quantitative estimate of drug-likeness (QED) is 0.295. The molecule has 0 bridgehead atoms. The van der Waals surface area contributed by atoms with Crippen molar-refractivity contribution in [1.82, 2.24) is 20.0 Å². The molecule has 5 rings (SSSR count). The third kappa shape index (κ3) is 5.27. The fourth-order valence-corrected chi connectivity index (χ4v) is 6.05. The van der Waals surface area contributed by atoms with Gasteiger partial charge in [0, 0.05) is 34.6 Å². The Balaban J connectivity index is 1.55. The Morgan fingerprint density at radius 2 is 1.83 bits per heavy atom. The van der Waals surface area contributed by atoms with E-state index in [0.717, 1.165) is 49.7 Å². The Morgan fingerprint density at radius 1 is 1.12 bits per heavy atom. The first-order valence-corrected chi connectivity index (χ1v) is 13.6. The monoisotopic (exact) mass is 603 g/mol. The summed E-state index contributed by atoms with van der Waals surface area (Å²) in [7, 11) is 1.77. The molecular formula is C30H27ClF5N5O. The molecule has 42 heavy (non-hydrogen) atoms. The lowest BCUT2D eigenvalue weighted by atomic mass is 9.82. The van der Waals surface area contributed by atoms with E-state index in [4.69, 9.17) is 11.6 Å². The van der Waals surface area contributed by atoms with Crippen molar-refractivity contribution in [3.05, 3.63) is 100 Å². The number of likely N-dealkylation sites (N-methyl/N-ethyl adjacent to an activating group) is 1. The molecule has 2 heterocycles. The van der Waals surface area contributed by atoms with Crippen LogP contribution in [0.3, 0.4) is 0 Å². The highest BCUT2D eigenvalue weighted by atomic mass is 35.5. The normalized spacial score (nSPS) is 17.3. The average Bonchev–Trinajstić information content (AvgIpc) is 3.44. The number of rotatable bonds is 6. The molecule has 1 aromatic heterocycles. The first-order valence-electron chi connectivity index (χ1n) is 13.2. The molecule has 3 aromatic rings. The zero-order chi connectivity index (χ0) is 30.4. The van der Waals surface area contributed by atoms with Gasteiger partial charge >= 0.3 is 6.18 Å². The van der Waals surface area contributed by atoms with E-state index in [1.165, 1.54) is 23.2 Å². The molecule has 220 valence electrons. The molecule has 12 heteroatoms. The summed E-state index contributed by atoms with van der Waals surface area (Å²) in [5.74, 6) is -2.52. The molecule has 1 saturated carbocycles. The van der Waals surface area contributed by atoms with E-state index in [1.54, 1.807) is 19.2 Å². The van der Waals surface area contributed by atoms with E-state index in [2.05, 4.69) is 21.9 Å². The maximum atomic E-state index is 14.7. The third-order valence-corrected chi connectivity index (χ3v) is 8.32. The first kappa shape index (κ1) is 29.7. The largest absolute Gasteiger partial charge is 0.433 e. The van der Waals surface area contributed by atoms with E-state index < -0.39 is 35.0 Å². The second kappa shape index (κ2) is 11.1. The van der Waals surface area contributed by atoms with E-state index in [0.29, 0.717) is 5.69 Å². The maximum absolute atomic E-state index is 14.7. The topological polar surface area (TPSA) is 61.4 Å². The number of aromatic nitrogens is 2. The van der Waals surface area contributed by atoms with Gasteiger partial charge in [-0.25, -0.2) is 23.8 Å². The molecule has 6 nitrogen and oxygen atoms in total. The predicted octanol–water partition coefficient (Wildman–Crippen LogP) is 7.54. The second-order valence-corrected chi connectivity index (χ2v) is 10.9. The number of alkyl halides is 3. The van der Waals surface area contributed by atoms with Crippen molar-refractivity contribution in [1.29, 1.82) is 0 Å². The number of hydrazine groups is 1. The first-order chi connectivity index (χ1) is 19.8. The standard InChI is InChI=1S/C30H27ClF5N5O/c1-17-26(18(2)39-23-10-9-20(31)13-21(23)24-14-25(30(34,35)36)38-16-37-24)28(42)41(40(3)29(17)11-4-5-12-29)15-19-7-6-8-22(32)27(19)33/h6-10,13-14,16,39H,2,4-5,11-12,15H2,1,3H3. The highest BCUT2D eigenvalue weighted by Gasteiger charge is 2.49. The number of nitrogens with one attached hydrogen (secondary N) is 1. The summed E-state index contributed by atoms with van der Waals surface area (Å²) in [6, 6.07) is 9.19. The van der Waals surface area contributed by atoms with Crippen LogP contribution in [0.15, 0.2) is 72.2 Å². The molecule has 1 spiro atoms. The Morgan fingerprint density at radius 3 is 2.52 bits per heavy atom. The number of carbonyl (C=O) groups is 1. The van der Waals surface area contributed by atoms with Crippen molar-refractivity contribution in [3.63, 3.8) is 0 Å². The Kier molecular flexibility index (Phi) is 7.84. The summed E-state index contributed by atoms with van der Waals surface area (Å²) in [5, 5.41) is 6.56. The fourth-order valence-electron chi connectivity index (χ4n) is 5.88. The van der Waals surface area contributed by atoms with Crippen LogP contribution in [0.25, 0.3) is 11.3 Å². The number of halogens is 6. The van der Waals surface area contributed by atoms with Crippen LogP contribution >= 0.6 is 11.6 Å². The van der Waals surface area contributed by atoms with Gasteiger partial charge in [-0.15, -0.1) is 0 Å². The van der Waals surface area contributed by atoms with Gasteiger partial charge in [0.05, 0.1) is 23.4 Å². The molecular weight excluding hydrogens is 577 g/mol. The lowest BCUT2D eigenvalue weighted by Gasteiger charge is -2.50. The maximum Gasteiger partial charge on any atom is 0.433 e. The van der Waals surface area contributed by atoms with Crippen LogP contribution in [0.5, 0.6) is 0 Å². The number of anilines is 1. The molecule has 1 N–H and O–H groups in total. The van der Waals surface area contributed by atoms with Crippen molar-refractivity contribution in [2.45, 2.75) is 50.9 Å². The lowest BCUT2D eigenvalue weighted by Crippen LogP contribution is -2.60. The van der Waals surface area contributed by atoms with Crippen molar-refractivity contribution in [3.8, 4) is 11.3 Å². The van der Waals surface area contributed by atoms with E-state index >= 15 is 0 Å². The SMILES string of the molecule is C=C(Nc1ccc(Cl)cc1-c1cc(C(F)(F)F)ncn1)C1=C(C)C2(CCCC2)N(C)N(Cc2cccc(F)c2F)C1=O. The highest BCUT2D eigenvalue weighted by Crippen LogP contribution is 2.47. The van der Waals surface area contributed by atoms with Crippen molar-refractivity contribution in [2.24, 2.45) is 0 Å². The minimum Gasteiger partial charge on any atom is -0.355 e. The number of benzene rings is 2. The lowest BCUT2D eigenvalue weighted by molar-refractivity contribution is -0.157. The summed E-state index contributed by atoms with van der Waals surface area (Å²) in [6.45, 7) is 5.77. The minimum absolute atomic E-state index is 0.0186. The summed E-state index contributed by atoms with van der Waals surface area (Å²) in [6.07, 6.45) is -0.596. The zero-order valence-corrected chi connectivity index (χ0v) is 23.6. The molecule has 1 fully saturated rings. The van der Waals surface area contributed by atoms with Gasteiger partial charge in [0.25, 0.3) is 5.91 Å². The molecule has 0 saturated heterocycles. The molecule has 0 radical (unpaired) electrons. The van der Waals surface area contributed by atoms with Crippen LogP contribution in [0.2, 0.25) is 5.02 Å². The van der Waals surface area contributed by atoms with Crippen LogP contribution in [-0.2, 0) is 17.5 Å². The number of carbonyl (C=O) groups excluding carboxylic acids is 1. The van der Waals surface area contributed by atoms with E-state index in [1.807, 2.05) is 11.9 Å². The number of amides is 1. The molecule has 0 unspecified atom stereocenters. The van der Waals surface area contributed by atoms with Crippen molar-refractivity contribution < 1.29 is 26.7 Å². The van der Waals surface area contributed by atoms with Crippen LogP contribution in [0, 0.1) is 11.6 Å². The average molecular weight is 604 g/mol. The Labute approximate surface area is 244 Å². The summed E-state index contributed by atoms with van der Waals surface area (Å²) >= 11 is 6.20. The summed E-state index contributed by atoms with van der Waals surface area (Å²) < 4.78 is 68.8. The van der Waals surface area contributed by atoms with Crippen molar-refractivity contribution >= 4 is 23.2 Å². The van der Waals surface area contributed by atoms with Gasteiger partial charge in [0.2, 0.25) is 0 Å². The second-order valence-electron chi connectivity index (χ2n) is 10.4. The molecule has 2 aromatic carbocycles. The van der Waals surface area contributed by atoms with Crippen LogP contribution in [0.1, 0.15) is 43.9 Å². The Bertz CT molecular complexity index is 1600. The van der Waals surface area contributed by atoms with Crippen LogP contribution in [-0.4, -0.2) is 38.5 Å². The van der Waals surface area contributed by atoms with Gasteiger partial charge in [-0.3, -0.25) is 9.80 Å². The molecule has 1 aliphatic carbocycles. The number of hydrogen-bond donors (Lipinski definition) is 1. The van der Waals surface area contributed by atoms with Crippen LogP contribution in [0.4, 0.5) is 27.6 Å². The molecule has 0 atom stereocenters. The van der Waals surface area contributed by atoms with E-state index in [-0.39, 0.29) is 39.7 Å². The summed E-state index contributed by atoms with van der Waals surface area (Å²) in [5.41, 5.74) is 0.0607. The molecule has 1 amide bonds. The molecule has 2 aliphatic rings. The van der Waals surface area contributed by atoms with Gasteiger partial charge in [0.15, 0.2) is 11.6 Å². The van der Waals surface area contributed by atoms with Gasteiger partial charge in [-0.2, -0.15) is 13.2 Å². The Hall–Kier alpha value is -3.83. The number of hydrogen-bond acceptors (Lipinski definition) is 5. The molecule has 1 aliphatic heterocycles. The van der Waals surface area contributed by atoms with Gasteiger partial charge < -0.3 is 5.32 Å². The summed E-state index contributed by atoms with van der Waals surface area (Å²) in [4.78, 5) is 21.4. The van der Waals surface area contributed by atoms with Crippen LogP contribution < -0.4 is 5.32 Å².